The minimum atomic E-state index is -3.30. The van der Waals surface area contributed by atoms with Crippen molar-refractivity contribution in [2.75, 3.05) is 0 Å². The highest BCUT2D eigenvalue weighted by Gasteiger charge is 2.28. The summed E-state index contributed by atoms with van der Waals surface area (Å²) >= 11 is 0. The summed E-state index contributed by atoms with van der Waals surface area (Å²) in [6.07, 6.45) is 0. The molecule has 1 heterocycles. The summed E-state index contributed by atoms with van der Waals surface area (Å²) in [5.74, 6) is 0. The van der Waals surface area contributed by atoms with Crippen LogP contribution in [0.5, 0.6) is 0 Å². The molecule has 0 spiro atoms. The molecule has 114 valence electrons. The molecule has 0 fully saturated rings. The summed E-state index contributed by atoms with van der Waals surface area (Å²) in [6, 6.07) is 11.6. The third-order valence-corrected chi connectivity index (χ3v) is 5.87. The van der Waals surface area contributed by atoms with Crippen molar-refractivity contribution in [1.29, 1.82) is 0 Å². The van der Waals surface area contributed by atoms with Crippen LogP contribution in [-0.2, 0) is 16.6 Å². The molecule has 0 aliphatic carbocycles. The molecule has 2 rings (SSSR count). The Labute approximate surface area is 126 Å². The predicted octanol–water partition coefficient (Wildman–Crippen LogP) is 3.18. The molecule has 0 bridgehead atoms. The zero-order chi connectivity index (χ0) is 15.6. The van der Waals surface area contributed by atoms with Crippen LogP contribution < -0.4 is 0 Å². The minimum absolute atomic E-state index is 0.0920. The fraction of sp³-hybridized carbons (Fsp3) is 0.438. The zero-order valence-corrected chi connectivity index (χ0v) is 13.8. The summed E-state index contributed by atoms with van der Waals surface area (Å²) in [4.78, 5) is 4.56. The Bertz CT molecular complexity index is 724. The lowest BCUT2D eigenvalue weighted by atomic mass is 10.2. The highest BCUT2D eigenvalue weighted by Crippen LogP contribution is 2.18. The number of nitrogens with zero attached hydrogens (tertiary/aromatic N) is 2. The van der Waals surface area contributed by atoms with Gasteiger partial charge in [-0.25, -0.2) is 8.42 Å². The van der Waals surface area contributed by atoms with Crippen molar-refractivity contribution in [2.45, 2.75) is 45.5 Å². The van der Waals surface area contributed by atoms with Crippen molar-refractivity contribution in [1.82, 2.24) is 9.29 Å². The van der Waals surface area contributed by atoms with E-state index in [0.29, 0.717) is 6.54 Å². The van der Waals surface area contributed by atoms with Gasteiger partial charge in [0.05, 0.1) is 23.0 Å². The van der Waals surface area contributed by atoms with Crippen molar-refractivity contribution >= 4 is 20.9 Å². The lowest BCUT2D eigenvalue weighted by Gasteiger charge is -2.27. The Morgan fingerprint density at radius 2 is 1.71 bits per heavy atom. The number of hydrogen-bond acceptors (Lipinski definition) is 3. The van der Waals surface area contributed by atoms with E-state index in [1.807, 2.05) is 50.2 Å². The second-order valence-electron chi connectivity index (χ2n) is 5.73. The molecule has 0 amide bonds. The summed E-state index contributed by atoms with van der Waals surface area (Å²) in [5.41, 5.74) is 1.66. The van der Waals surface area contributed by atoms with Gasteiger partial charge in [0, 0.05) is 11.4 Å². The highest BCUT2D eigenvalue weighted by molar-refractivity contribution is 7.89. The molecule has 0 aliphatic heterocycles. The van der Waals surface area contributed by atoms with E-state index in [4.69, 9.17) is 0 Å². The fourth-order valence-electron chi connectivity index (χ4n) is 2.19. The van der Waals surface area contributed by atoms with Gasteiger partial charge in [-0.1, -0.05) is 24.3 Å². The molecular formula is C16H22N2O2S. The molecule has 0 N–H and O–H groups in total. The molecule has 0 aliphatic rings. The third-order valence-electron chi connectivity index (χ3n) is 3.47. The summed E-state index contributed by atoms with van der Waals surface area (Å²) in [6.45, 7) is 7.50. The third kappa shape index (κ3) is 3.41. The van der Waals surface area contributed by atoms with Gasteiger partial charge in [0.1, 0.15) is 0 Å². The molecule has 0 atom stereocenters. The number of pyridine rings is 1. The van der Waals surface area contributed by atoms with E-state index in [9.17, 15) is 8.42 Å². The average Bonchev–Trinajstić information content (AvgIpc) is 2.43. The fourth-order valence-corrected chi connectivity index (χ4v) is 3.63. The molecule has 0 saturated carbocycles. The first-order valence-corrected chi connectivity index (χ1v) is 8.68. The van der Waals surface area contributed by atoms with E-state index in [0.717, 1.165) is 16.6 Å². The zero-order valence-electron chi connectivity index (χ0n) is 12.9. The number of para-hydroxylation sites is 1. The van der Waals surface area contributed by atoms with E-state index < -0.39 is 15.3 Å². The van der Waals surface area contributed by atoms with Gasteiger partial charge < -0.3 is 0 Å². The van der Waals surface area contributed by atoms with E-state index >= 15 is 0 Å². The van der Waals surface area contributed by atoms with Crippen LogP contribution >= 0.6 is 0 Å². The van der Waals surface area contributed by atoms with Crippen LogP contribution in [0.2, 0.25) is 0 Å². The van der Waals surface area contributed by atoms with Gasteiger partial charge in [-0.15, -0.1) is 0 Å². The van der Waals surface area contributed by atoms with Gasteiger partial charge in [-0.3, -0.25) is 4.98 Å². The average molecular weight is 306 g/mol. The normalized spacial score (nSPS) is 12.7. The lowest BCUT2D eigenvalue weighted by Crippen LogP contribution is -2.40. The SMILES string of the molecule is CC(C)N(Cc1ccc2ccccc2n1)S(=O)(=O)C(C)C. The largest absolute Gasteiger partial charge is 0.251 e. The van der Waals surface area contributed by atoms with Crippen molar-refractivity contribution in [2.24, 2.45) is 0 Å². The number of rotatable bonds is 5. The van der Waals surface area contributed by atoms with E-state index in [1.165, 1.54) is 4.31 Å². The van der Waals surface area contributed by atoms with Crippen LogP contribution in [0.3, 0.4) is 0 Å². The predicted molar refractivity (Wildman–Crippen MR) is 86.5 cm³/mol. The number of sulfonamides is 1. The highest BCUT2D eigenvalue weighted by atomic mass is 32.2. The first-order chi connectivity index (χ1) is 9.82. The van der Waals surface area contributed by atoms with E-state index in [2.05, 4.69) is 4.98 Å². The molecule has 0 saturated heterocycles. The maximum Gasteiger partial charge on any atom is 0.217 e. The van der Waals surface area contributed by atoms with Gasteiger partial charge in [0.25, 0.3) is 0 Å². The maximum absolute atomic E-state index is 12.4. The van der Waals surface area contributed by atoms with Crippen molar-refractivity contribution in [3.63, 3.8) is 0 Å². The van der Waals surface area contributed by atoms with Crippen LogP contribution in [-0.4, -0.2) is 29.0 Å². The van der Waals surface area contributed by atoms with Gasteiger partial charge in [-0.05, 0) is 39.8 Å². The number of hydrogen-bond donors (Lipinski definition) is 0. The van der Waals surface area contributed by atoms with Gasteiger partial charge in [0.15, 0.2) is 0 Å². The second kappa shape index (κ2) is 6.12. The van der Waals surface area contributed by atoms with Crippen LogP contribution in [0.1, 0.15) is 33.4 Å². The molecule has 2 aromatic rings. The second-order valence-corrected chi connectivity index (χ2v) is 8.17. The van der Waals surface area contributed by atoms with Gasteiger partial charge in [-0.2, -0.15) is 4.31 Å². The summed E-state index contributed by atoms with van der Waals surface area (Å²) in [7, 11) is -3.30. The van der Waals surface area contributed by atoms with Crippen molar-refractivity contribution in [3.8, 4) is 0 Å². The van der Waals surface area contributed by atoms with Gasteiger partial charge >= 0.3 is 0 Å². The number of benzene rings is 1. The summed E-state index contributed by atoms with van der Waals surface area (Å²) in [5, 5.41) is 0.629. The van der Waals surface area contributed by atoms with Crippen LogP contribution in [0.4, 0.5) is 0 Å². The molecule has 1 aromatic carbocycles. The molecule has 0 unspecified atom stereocenters. The Kier molecular flexibility index (Phi) is 4.64. The smallest absolute Gasteiger partial charge is 0.217 e. The molecular weight excluding hydrogens is 284 g/mol. The summed E-state index contributed by atoms with van der Waals surface area (Å²) < 4.78 is 26.4. The molecule has 5 heteroatoms. The number of aromatic nitrogens is 1. The van der Waals surface area contributed by atoms with Crippen molar-refractivity contribution < 1.29 is 8.42 Å². The molecule has 21 heavy (non-hydrogen) atoms. The van der Waals surface area contributed by atoms with Crippen LogP contribution in [0, 0.1) is 0 Å². The molecule has 1 aromatic heterocycles. The van der Waals surface area contributed by atoms with Crippen LogP contribution in [0.25, 0.3) is 10.9 Å². The standard InChI is InChI=1S/C16H22N2O2S/c1-12(2)18(21(19,20)13(3)4)11-15-10-9-14-7-5-6-8-16(14)17-15/h5-10,12-13H,11H2,1-4H3. The minimum Gasteiger partial charge on any atom is -0.251 e. The van der Waals surface area contributed by atoms with E-state index in [1.54, 1.807) is 13.8 Å². The quantitative estimate of drug-likeness (QED) is 0.852. The lowest BCUT2D eigenvalue weighted by molar-refractivity contribution is 0.341. The molecule has 4 nitrogen and oxygen atoms in total. The Hall–Kier alpha value is -1.46. The Morgan fingerprint density at radius 3 is 2.33 bits per heavy atom. The first-order valence-electron chi connectivity index (χ1n) is 7.17. The Balaban J connectivity index is 2.35. The maximum atomic E-state index is 12.4. The first kappa shape index (κ1) is 15.9. The Morgan fingerprint density at radius 1 is 1.05 bits per heavy atom. The number of fused-ring (bicyclic) bond motifs is 1. The van der Waals surface area contributed by atoms with Crippen LogP contribution in [0.15, 0.2) is 36.4 Å². The molecule has 0 radical (unpaired) electrons. The van der Waals surface area contributed by atoms with E-state index in [-0.39, 0.29) is 6.04 Å². The monoisotopic (exact) mass is 306 g/mol. The van der Waals surface area contributed by atoms with Gasteiger partial charge in [0.2, 0.25) is 10.0 Å². The van der Waals surface area contributed by atoms with Crippen molar-refractivity contribution in [3.05, 3.63) is 42.1 Å². The topological polar surface area (TPSA) is 50.3 Å².